The number of hydrogen-bond acceptors (Lipinski definition) is 4. The summed E-state index contributed by atoms with van der Waals surface area (Å²) in [7, 11) is 1.59. The number of anilines is 1. The Morgan fingerprint density at radius 2 is 2.00 bits per heavy atom. The number of aliphatic hydroxyl groups is 1. The zero-order valence-electron chi connectivity index (χ0n) is 9.79. The quantitative estimate of drug-likeness (QED) is 0.626. The number of benzene rings is 1. The summed E-state index contributed by atoms with van der Waals surface area (Å²) in [5, 5.41) is 8.77. The van der Waals surface area contributed by atoms with Gasteiger partial charge >= 0.3 is 0 Å². The Bertz CT molecular complexity index is 403. The number of rotatable bonds is 4. The second-order valence-corrected chi connectivity index (χ2v) is 3.88. The lowest BCUT2D eigenvalue weighted by atomic mass is 9.97. The molecule has 1 aromatic carbocycles. The molecule has 2 rings (SSSR count). The highest BCUT2D eigenvalue weighted by atomic mass is 16.6. The molecule has 1 saturated heterocycles. The topological polar surface area (TPSA) is 59.0 Å². The molecule has 1 aromatic rings. The van der Waals surface area contributed by atoms with Gasteiger partial charge in [-0.1, -0.05) is 0 Å². The number of nitrogens with zero attached hydrogens (tertiary/aromatic N) is 1. The Kier molecular flexibility index (Phi) is 3.31. The maximum absolute atomic E-state index is 11.7. The van der Waals surface area contributed by atoms with Crippen molar-refractivity contribution in [1.82, 2.24) is 0 Å². The van der Waals surface area contributed by atoms with Gasteiger partial charge < -0.3 is 14.6 Å². The molecule has 0 unspecified atom stereocenters. The van der Waals surface area contributed by atoms with E-state index >= 15 is 0 Å². The average Bonchev–Trinajstić information content (AvgIpc) is 2.38. The standard InChI is InChI=1S/C12H15NO4/c1-8-11(15)13(12(8)17-7-14)9-3-5-10(16-2)6-4-9/h3-6,8,12,14H,7H2,1-2H3/t8-,12+/m1/s1. The third-order valence-electron chi connectivity index (χ3n) is 2.91. The molecule has 0 radical (unpaired) electrons. The highest BCUT2D eigenvalue weighted by molar-refractivity contribution is 6.02. The normalized spacial score (nSPS) is 23.5. The fourth-order valence-electron chi connectivity index (χ4n) is 1.92. The molecule has 1 fully saturated rings. The minimum absolute atomic E-state index is 0.00591. The molecule has 5 heteroatoms. The maximum Gasteiger partial charge on any atom is 0.236 e. The van der Waals surface area contributed by atoms with Crippen LogP contribution in [0.4, 0.5) is 5.69 Å². The molecule has 2 atom stereocenters. The van der Waals surface area contributed by atoms with E-state index in [-0.39, 0.29) is 18.1 Å². The van der Waals surface area contributed by atoms with Gasteiger partial charge in [-0.15, -0.1) is 0 Å². The van der Waals surface area contributed by atoms with E-state index in [2.05, 4.69) is 0 Å². The molecule has 5 nitrogen and oxygen atoms in total. The highest BCUT2D eigenvalue weighted by Crippen LogP contribution is 2.33. The summed E-state index contributed by atoms with van der Waals surface area (Å²) in [6.07, 6.45) is -0.388. The van der Waals surface area contributed by atoms with Crippen molar-refractivity contribution in [1.29, 1.82) is 0 Å². The molecule has 1 heterocycles. The van der Waals surface area contributed by atoms with Gasteiger partial charge in [0.2, 0.25) is 5.91 Å². The molecule has 1 amide bonds. The predicted molar refractivity (Wildman–Crippen MR) is 61.6 cm³/mol. The van der Waals surface area contributed by atoms with E-state index in [4.69, 9.17) is 14.6 Å². The Hall–Kier alpha value is -1.59. The van der Waals surface area contributed by atoms with Gasteiger partial charge in [-0.2, -0.15) is 0 Å². The van der Waals surface area contributed by atoms with Crippen LogP contribution >= 0.6 is 0 Å². The van der Waals surface area contributed by atoms with Gasteiger partial charge in [-0.05, 0) is 31.2 Å². The van der Waals surface area contributed by atoms with Crippen molar-refractivity contribution in [3.05, 3.63) is 24.3 Å². The lowest BCUT2D eigenvalue weighted by molar-refractivity contribution is -0.151. The van der Waals surface area contributed by atoms with Crippen LogP contribution in [-0.2, 0) is 9.53 Å². The molecular formula is C12H15NO4. The number of methoxy groups -OCH3 is 1. The van der Waals surface area contributed by atoms with Gasteiger partial charge in [0, 0.05) is 5.69 Å². The number of aliphatic hydroxyl groups excluding tert-OH is 1. The second kappa shape index (κ2) is 4.73. The number of hydrogen-bond donors (Lipinski definition) is 1. The monoisotopic (exact) mass is 237 g/mol. The van der Waals surface area contributed by atoms with Crippen LogP contribution in [0.2, 0.25) is 0 Å². The number of carbonyl (C=O) groups excluding carboxylic acids is 1. The van der Waals surface area contributed by atoms with E-state index in [0.717, 1.165) is 11.4 Å². The van der Waals surface area contributed by atoms with Gasteiger partial charge in [0.05, 0.1) is 13.0 Å². The number of β-lactam (4-membered cyclic amide) rings is 1. The predicted octanol–water partition coefficient (Wildman–Crippen LogP) is 0.970. The van der Waals surface area contributed by atoms with Crippen molar-refractivity contribution >= 4 is 11.6 Å². The van der Waals surface area contributed by atoms with Crippen LogP contribution in [0.5, 0.6) is 5.75 Å². The Labute approximate surface area is 99.6 Å². The fourth-order valence-corrected chi connectivity index (χ4v) is 1.92. The van der Waals surface area contributed by atoms with Crippen LogP contribution in [0.25, 0.3) is 0 Å². The summed E-state index contributed by atoms with van der Waals surface area (Å²) >= 11 is 0. The van der Waals surface area contributed by atoms with Crippen molar-refractivity contribution in [2.45, 2.75) is 13.2 Å². The minimum Gasteiger partial charge on any atom is -0.497 e. The molecule has 1 aliphatic rings. The van der Waals surface area contributed by atoms with Crippen LogP contribution < -0.4 is 9.64 Å². The molecule has 17 heavy (non-hydrogen) atoms. The molecule has 1 N–H and O–H groups in total. The lowest BCUT2D eigenvalue weighted by Gasteiger charge is -2.44. The third-order valence-corrected chi connectivity index (χ3v) is 2.91. The van der Waals surface area contributed by atoms with Crippen LogP contribution in [0, 0.1) is 5.92 Å². The summed E-state index contributed by atoms with van der Waals surface area (Å²) < 4.78 is 10.2. The van der Waals surface area contributed by atoms with E-state index in [1.54, 1.807) is 38.3 Å². The highest BCUT2D eigenvalue weighted by Gasteiger charge is 2.45. The van der Waals surface area contributed by atoms with E-state index in [9.17, 15) is 4.79 Å². The van der Waals surface area contributed by atoms with E-state index in [1.165, 1.54) is 4.90 Å². The van der Waals surface area contributed by atoms with Crippen LogP contribution in [0.15, 0.2) is 24.3 Å². The Morgan fingerprint density at radius 3 is 2.53 bits per heavy atom. The summed E-state index contributed by atoms with van der Waals surface area (Å²) in [6, 6.07) is 7.13. The molecule has 0 aliphatic carbocycles. The van der Waals surface area contributed by atoms with Crippen molar-refractivity contribution in [3.63, 3.8) is 0 Å². The van der Waals surface area contributed by atoms with Gasteiger partial charge in [0.25, 0.3) is 0 Å². The lowest BCUT2D eigenvalue weighted by Crippen LogP contribution is -2.61. The zero-order valence-corrected chi connectivity index (χ0v) is 9.79. The SMILES string of the molecule is COc1ccc(N2C(=O)[C@@H](C)[C@@H]2OCO)cc1. The summed E-state index contributed by atoms with van der Waals surface area (Å²) in [5.41, 5.74) is 0.743. The number of carbonyl (C=O) groups is 1. The molecular weight excluding hydrogens is 222 g/mol. The fraction of sp³-hybridized carbons (Fsp3) is 0.417. The second-order valence-electron chi connectivity index (χ2n) is 3.88. The molecule has 0 spiro atoms. The molecule has 0 saturated carbocycles. The van der Waals surface area contributed by atoms with Crippen LogP contribution in [-0.4, -0.2) is 31.1 Å². The third kappa shape index (κ3) is 1.99. The van der Waals surface area contributed by atoms with Gasteiger partial charge in [0.1, 0.15) is 12.5 Å². The van der Waals surface area contributed by atoms with Crippen molar-refractivity contribution < 1.29 is 19.4 Å². The van der Waals surface area contributed by atoms with Gasteiger partial charge in [-0.25, -0.2) is 0 Å². The van der Waals surface area contributed by atoms with E-state index < -0.39 is 6.79 Å². The first kappa shape index (κ1) is 11.9. The number of amides is 1. The molecule has 0 bridgehead atoms. The Balaban J connectivity index is 2.17. The number of ether oxygens (including phenoxy) is 2. The smallest absolute Gasteiger partial charge is 0.236 e. The zero-order chi connectivity index (χ0) is 12.4. The van der Waals surface area contributed by atoms with E-state index in [0.29, 0.717) is 0 Å². The Morgan fingerprint density at radius 1 is 1.35 bits per heavy atom. The minimum atomic E-state index is -0.394. The van der Waals surface area contributed by atoms with Crippen molar-refractivity contribution in [3.8, 4) is 5.75 Å². The largest absolute Gasteiger partial charge is 0.497 e. The van der Waals surface area contributed by atoms with Crippen LogP contribution in [0.1, 0.15) is 6.92 Å². The summed E-state index contributed by atoms with van der Waals surface area (Å²) in [6.45, 7) is 1.39. The van der Waals surface area contributed by atoms with Gasteiger partial charge in [0.15, 0.2) is 6.23 Å². The van der Waals surface area contributed by atoms with E-state index in [1.807, 2.05) is 0 Å². The first-order chi connectivity index (χ1) is 8.19. The van der Waals surface area contributed by atoms with Crippen molar-refractivity contribution in [2.24, 2.45) is 5.92 Å². The van der Waals surface area contributed by atoms with Crippen LogP contribution in [0.3, 0.4) is 0 Å². The van der Waals surface area contributed by atoms with Gasteiger partial charge in [-0.3, -0.25) is 9.69 Å². The molecule has 1 aliphatic heterocycles. The first-order valence-corrected chi connectivity index (χ1v) is 5.38. The van der Waals surface area contributed by atoms with Crippen molar-refractivity contribution in [2.75, 3.05) is 18.8 Å². The molecule has 0 aromatic heterocycles. The average molecular weight is 237 g/mol. The summed E-state index contributed by atoms with van der Waals surface area (Å²) in [4.78, 5) is 13.3. The maximum atomic E-state index is 11.7. The first-order valence-electron chi connectivity index (χ1n) is 5.38. The molecule has 92 valence electrons. The summed E-state index contributed by atoms with van der Waals surface area (Å²) in [5.74, 6) is 0.507.